The van der Waals surface area contributed by atoms with Gasteiger partial charge in [-0.15, -0.1) is 0 Å². The summed E-state index contributed by atoms with van der Waals surface area (Å²) in [6.45, 7) is 0.593. The first-order chi connectivity index (χ1) is 8.65. The summed E-state index contributed by atoms with van der Waals surface area (Å²) < 4.78 is 23.9. The number of benzene rings is 1. The van der Waals surface area contributed by atoms with Gasteiger partial charge in [0.25, 0.3) is 0 Å². The molecule has 1 N–H and O–H groups in total. The van der Waals surface area contributed by atoms with Gasteiger partial charge >= 0.3 is 0 Å². The Morgan fingerprint density at radius 3 is 2.50 bits per heavy atom. The lowest BCUT2D eigenvalue weighted by molar-refractivity contribution is 0.621. The van der Waals surface area contributed by atoms with Crippen molar-refractivity contribution in [3.8, 4) is 0 Å². The fourth-order valence-corrected chi connectivity index (χ4v) is 1.99. The largest absolute Gasteiger partial charge is 0.366 e. The maximum absolute atomic E-state index is 12.7. The second kappa shape index (κ2) is 5.73. The molecule has 0 aliphatic heterocycles. The van der Waals surface area contributed by atoms with Crippen molar-refractivity contribution < 1.29 is 8.60 Å². The molecule has 0 radical (unpaired) electrons. The van der Waals surface area contributed by atoms with Gasteiger partial charge < -0.3 is 5.32 Å². The minimum Gasteiger partial charge on any atom is -0.366 e. The minimum atomic E-state index is -0.954. The minimum absolute atomic E-state index is 0.352. The fraction of sp³-hybridized carbons (Fsp3) is 0.154. The van der Waals surface area contributed by atoms with E-state index in [0.29, 0.717) is 12.4 Å². The van der Waals surface area contributed by atoms with Crippen LogP contribution in [0.1, 0.15) is 5.56 Å². The topological polar surface area (TPSA) is 42.0 Å². The molecule has 0 spiro atoms. The highest BCUT2D eigenvalue weighted by Gasteiger charge is 1.99. The summed E-state index contributed by atoms with van der Waals surface area (Å²) in [4.78, 5) is 4.71. The molecule has 2 aromatic rings. The molecule has 1 atom stereocenters. The first-order valence-electron chi connectivity index (χ1n) is 5.43. The van der Waals surface area contributed by atoms with Crippen molar-refractivity contribution in [2.75, 3.05) is 11.6 Å². The molecule has 1 aromatic carbocycles. The van der Waals surface area contributed by atoms with Crippen LogP contribution in [0.3, 0.4) is 0 Å². The third kappa shape index (κ3) is 3.37. The highest BCUT2D eigenvalue weighted by Crippen LogP contribution is 2.10. The van der Waals surface area contributed by atoms with Gasteiger partial charge in [-0.1, -0.05) is 12.1 Å². The first-order valence-corrected chi connectivity index (χ1v) is 6.99. The summed E-state index contributed by atoms with van der Waals surface area (Å²) in [5.74, 6) is 0.273. The van der Waals surface area contributed by atoms with E-state index in [0.717, 1.165) is 10.5 Å². The van der Waals surface area contributed by atoms with Crippen LogP contribution in [0.25, 0.3) is 0 Å². The van der Waals surface area contributed by atoms with Gasteiger partial charge in [-0.25, -0.2) is 9.37 Å². The SMILES string of the molecule is CS(=O)c1ccc(CNc2ccc(F)cn2)cc1. The van der Waals surface area contributed by atoms with Gasteiger partial charge in [0.1, 0.15) is 11.6 Å². The maximum atomic E-state index is 12.7. The van der Waals surface area contributed by atoms with E-state index in [-0.39, 0.29) is 5.82 Å². The van der Waals surface area contributed by atoms with Crippen LogP contribution in [0.15, 0.2) is 47.5 Å². The number of anilines is 1. The molecule has 0 aliphatic rings. The van der Waals surface area contributed by atoms with Crippen molar-refractivity contribution in [1.29, 1.82) is 0 Å². The molecule has 18 heavy (non-hydrogen) atoms. The molecule has 1 unspecified atom stereocenters. The van der Waals surface area contributed by atoms with E-state index >= 15 is 0 Å². The Hall–Kier alpha value is -1.75. The Morgan fingerprint density at radius 1 is 1.22 bits per heavy atom. The number of pyridine rings is 1. The van der Waals surface area contributed by atoms with Crippen molar-refractivity contribution >= 4 is 16.6 Å². The fourth-order valence-electron chi connectivity index (χ4n) is 1.47. The van der Waals surface area contributed by atoms with Gasteiger partial charge in [-0.3, -0.25) is 4.21 Å². The predicted octanol–water partition coefficient (Wildman–Crippen LogP) is 2.57. The zero-order chi connectivity index (χ0) is 13.0. The van der Waals surface area contributed by atoms with Crippen LogP contribution in [0.5, 0.6) is 0 Å². The molecule has 3 nitrogen and oxygen atoms in total. The number of nitrogens with zero attached hydrogens (tertiary/aromatic N) is 1. The Balaban J connectivity index is 1.97. The lowest BCUT2D eigenvalue weighted by Gasteiger charge is -2.06. The van der Waals surface area contributed by atoms with Crippen molar-refractivity contribution in [3.63, 3.8) is 0 Å². The number of aromatic nitrogens is 1. The molecule has 0 aliphatic carbocycles. The molecule has 0 saturated heterocycles. The third-order valence-electron chi connectivity index (χ3n) is 2.46. The quantitative estimate of drug-likeness (QED) is 0.923. The monoisotopic (exact) mass is 264 g/mol. The molecule has 94 valence electrons. The molecule has 0 bridgehead atoms. The molecule has 2 rings (SSSR count). The van der Waals surface area contributed by atoms with E-state index in [4.69, 9.17) is 0 Å². The van der Waals surface area contributed by atoms with Crippen molar-refractivity contribution in [1.82, 2.24) is 4.98 Å². The van der Waals surface area contributed by atoms with Gasteiger partial charge in [0.2, 0.25) is 0 Å². The van der Waals surface area contributed by atoms with E-state index in [1.807, 2.05) is 24.3 Å². The Kier molecular flexibility index (Phi) is 4.04. The average Bonchev–Trinajstić information content (AvgIpc) is 2.38. The summed E-state index contributed by atoms with van der Waals surface area (Å²) in [6, 6.07) is 10.4. The standard InChI is InChI=1S/C13H13FN2OS/c1-18(17)12-5-2-10(3-6-12)8-15-13-7-4-11(14)9-16-13/h2-7,9H,8H2,1H3,(H,15,16). The van der Waals surface area contributed by atoms with Crippen LogP contribution in [0.2, 0.25) is 0 Å². The lowest BCUT2D eigenvalue weighted by Crippen LogP contribution is -2.01. The molecule has 1 heterocycles. The number of nitrogens with one attached hydrogen (secondary N) is 1. The molecule has 5 heteroatoms. The third-order valence-corrected chi connectivity index (χ3v) is 3.39. The second-order valence-electron chi connectivity index (χ2n) is 3.81. The first kappa shape index (κ1) is 12.7. The van der Waals surface area contributed by atoms with Gasteiger partial charge in [0.05, 0.1) is 6.20 Å². The summed E-state index contributed by atoms with van der Waals surface area (Å²) in [5.41, 5.74) is 1.05. The normalized spacial score (nSPS) is 12.1. The van der Waals surface area contributed by atoms with Gasteiger partial charge in [-0.2, -0.15) is 0 Å². The summed E-state index contributed by atoms with van der Waals surface area (Å²) in [6.07, 6.45) is 2.82. The zero-order valence-corrected chi connectivity index (χ0v) is 10.7. The van der Waals surface area contributed by atoms with Crippen LogP contribution in [0, 0.1) is 5.82 Å². The Bertz CT molecular complexity index is 540. The summed E-state index contributed by atoms with van der Waals surface area (Å²) in [7, 11) is -0.954. The van der Waals surface area contributed by atoms with Crippen LogP contribution >= 0.6 is 0 Å². The van der Waals surface area contributed by atoms with Crippen molar-refractivity contribution in [2.24, 2.45) is 0 Å². The molecule has 1 aromatic heterocycles. The van der Waals surface area contributed by atoms with Crippen LogP contribution in [-0.2, 0) is 17.3 Å². The number of hydrogen-bond donors (Lipinski definition) is 1. The molecule has 0 amide bonds. The zero-order valence-electron chi connectivity index (χ0n) is 9.89. The summed E-state index contributed by atoms with van der Waals surface area (Å²) in [5, 5.41) is 3.08. The predicted molar refractivity (Wildman–Crippen MR) is 70.3 cm³/mol. The van der Waals surface area contributed by atoms with Crippen LogP contribution in [0.4, 0.5) is 10.2 Å². The smallest absolute Gasteiger partial charge is 0.141 e. The Morgan fingerprint density at radius 2 is 1.94 bits per heavy atom. The number of rotatable bonds is 4. The molecule has 0 fully saturated rings. The van der Waals surface area contributed by atoms with E-state index < -0.39 is 10.8 Å². The van der Waals surface area contributed by atoms with Gasteiger partial charge in [0, 0.05) is 28.5 Å². The number of hydrogen-bond acceptors (Lipinski definition) is 3. The lowest BCUT2D eigenvalue weighted by atomic mass is 10.2. The summed E-state index contributed by atoms with van der Waals surface area (Å²) >= 11 is 0. The van der Waals surface area contributed by atoms with Crippen molar-refractivity contribution in [2.45, 2.75) is 11.4 Å². The number of halogens is 1. The highest BCUT2D eigenvalue weighted by molar-refractivity contribution is 7.84. The van der Waals surface area contributed by atoms with Gasteiger partial charge in [0.15, 0.2) is 0 Å². The second-order valence-corrected chi connectivity index (χ2v) is 5.19. The van der Waals surface area contributed by atoms with Crippen LogP contribution < -0.4 is 5.32 Å². The average molecular weight is 264 g/mol. The molecular weight excluding hydrogens is 251 g/mol. The maximum Gasteiger partial charge on any atom is 0.141 e. The van der Waals surface area contributed by atoms with E-state index in [2.05, 4.69) is 10.3 Å². The molecule has 0 saturated carbocycles. The Labute approximate surface area is 108 Å². The van der Waals surface area contributed by atoms with E-state index in [1.54, 1.807) is 12.3 Å². The molecular formula is C13H13FN2OS. The highest BCUT2D eigenvalue weighted by atomic mass is 32.2. The van der Waals surface area contributed by atoms with E-state index in [9.17, 15) is 8.60 Å². The van der Waals surface area contributed by atoms with Gasteiger partial charge in [-0.05, 0) is 29.8 Å². The van der Waals surface area contributed by atoms with Crippen molar-refractivity contribution in [3.05, 3.63) is 54.0 Å². The van der Waals surface area contributed by atoms with Crippen LogP contribution in [-0.4, -0.2) is 15.4 Å². The van der Waals surface area contributed by atoms with E-state index in [1.165, 1.54) is 12.3 Å².